The van der Waals surface area contributed by atoms with Crippen molar-refractivity contribution < 1.29 is 27.9 Å². The summed E-state index contributed by atoms with van der Waals surface area (Å²) in [5, 5.41) is 10.5. The zero-order valence-electron chi connectivity index (χ0n) is 34.1. The molecule has 2 N–H and O–H groups in total. The van der Waals surface area contributed by atoms with Gasteiger partial charge in [0.1, 0.15) is 29.5 Å². The molecule has 60 heavy (non-hydrogen) atoms. The normalized spacial score (nSPS) is 24.9. The molecule has 3 amide bonds. The number of aromatic nitrogens is 4. The van der Waals surface area contributed by atoms with E-state index in [2.05, 4.69) is 45.1 Å². The van der Waals surface area contributed by atoms with Crippen molar-refractivity contribution in [1.29, 1.82) is 0 Å². The smallest absolute Gasteiger partial charge is 0.255 e. The van der Waals surface area contributed by atoms with E-state index in [-0.39, 0.29) is 48.4 Å². The standard InChI is InChI=1S/C44H52F2N10O4/c1-44(10-11-44)60-37-20-30-33(21-32(37)45)50-51-41(30)34-22-38(48-26-47-34)55-18-14-53(15-19-55)24-28-4-2-27(3-5-28)23-52-12-16-54(17-13-52)35-7-6-29-31(40(35)46)25-56(43(29)59)36-8-9-39(57)49-42(36)58/h6-7,20-22,26-28,36H,2-5,8-19,23-25H2,1H3,(H,50,51)(H,49,57,58). The summed E-state index contributed by atoms with van der Waals surface area (Å²) in [6.45, 7) is 11.1. The summed E-state index contributed by atoms with van der Waals surface area (Å²) >= 11 is 0. The maximum absolute atomic E-state index is 16.0. The van der Waals surface area contributed by atoms with Gasteiger partial charge in [0, 0.05) is 101 Å². The number of halogens is 2. The van der Waals surface area contributed by atoms with E-state index in [1.165, 1.54) is 36.6 Å². The maximum Gasteiger partial charge on any atom is 0.255 e. The van der Waals surface area contributed by atoms with Gasteiger partial charge in [-0.15, -0.1) is 0 Å². The third-order valence-corrected chi connectivity index (χ3v) is 13.9. The molecule has 3 saturated heterocycles. The third kappa shape index (κ3) is 7.68. The fourth-order valence-electron chi connectivity index (χ4n) is 9.98. The van der Waals surface area contributed by atoms with Crippen molar-refractivity contribution in [2.45, 2.75) is 76.5 Å². The first kappa shape index (κ1) is 38.9. The summed E-state index contributed by atoms with van der Waals surface area (Å²) in [7, 11) is 0. The number of nitrogens with one attached hydrogen (secondary N) is 2. The Morgan fingerprint density at radius 2 is 1.52 bits per heavy atom. The van der Waals surface area contributed by atoms with Crippen molar-refractivity contribution in [1.82, 2.24) is 40.2 Å². The van der Waals surface area contributed by atoms with Gasteiger partial charge in [0.15, 0.2) is 17.4 Å². The van der Waals surface area contributed by atoms with Gasteiger partial charge < -0.3 is 19.4 Å². The molecule has 1 unspecified atom stereocenters. The molecule has 316 valence electrons. The Labute approximate surface area is 347 Å². The van der Waals surface area contributed by atoms with Crippen LogP contribution >= 0.6 is 0 Å². The van der Waals surface area contributed by atoms with Crippen molar-refractivity contribution in [3.8, 4) is 17.1 Å². The molecule has 2 aromatic carbocycles. The van der Waals surface area contributed by atoms with E-state index in [0.717, 1.165) is 89.5 Å². The number of fused-ring (bicyclic) bond motifs is 2. The molecule has 4 aromatic rings. The van der Waals surface area contributed by atoms with Crippen LogP contribution in [0.1, 0.15) is 74.2 Å². The highest BCUT2D eigenvalue weighted by Gasteiger charge is 2.42. The minimum Gasteiger partial charge on any atom is -0.484 e. The molecule has 0 radical (unpaired) electrons. The van der Waals surface area contributed by atoms with E-state index in [4.69, 9.17) is 4.74 Å². The summed E-state index contributed by atoms with van der Waals surface area (Å²) in [6.07, 6.45) is 8.78. The number of piperidine rings is 1. The molecule has 0 bridgehead atoms. The van der Waals surface area contributed by atoms with E-state index >= 15 is 4.39 Å². The van der Waals surface area contributed by atoms with Gasteiger partial charge in [0.2, 0.25) is 11.8 Å². The Bertz CT molecular complexity index is 2310. The topological polar surface area (TPSA) is 143 Å². The molecule has 4 aliphatic heterocycles. The number of hydrogen-bond donors (Lipinski definition) is 2. The molecule has 6 aliphatic rings. The van der Waals surface area contributed by atoms with Crippen molar-refractivity contribution in [3.05, 3.63) is 59.4 Å². The van der Waals surface area contributed by atoms with Gasteiger partial charge in [0.25, 0.3) is 5.91 Å². The average Bonchev–Trinajstić information content (AvgIpc) is 3.69. The molecular weight excluding hydrogens is 771 g/mol. The Hall–Kier alpha value is -5.22. The van der Waals surface area contributed by atoms with Crippen LogP contribution in [0.3, 0.4) is 0 Å². The zero-order chi connectivity index (χ0) is 41.1. The first-order chi connectivity index (χ1) is 29.1. The SMILES string of the molecule is CC1(Oc2cc3c(-c4cc(N5CCN(CC6CCC(CN7CCN(c8ccc9c(c8F)CN(C8CCC(=O)NC8=O)C9=O)CC7)CC6)CC5)ncn4)n[nH]c3cc2F)CC1. The van der Waals surface area contributed by atoms with Crippen LogP contribution in [0.4, 0.5) is 20.3 Å². The highest BCUT2D eigenvalue weighted by Crippen LogP contribution is 2.42. The van der Waals surface area contributed by atoms with Gasteiger partial charge in [0.05, 0.1) is 23.4 Å². The number of nitrogens with zero attached hydrogens (tertiary/aromatic N) is 8. The second-order valence-electron chi connectivity index (χ2n) is 18.0. The lowest BCUT2D eigenvalue weighted by atomic mass is 9.81. The van der Waals surface area contributed by atoms with Crippen LogP contribution in [-0.4, -0.2) is 130 Å². The second-order valence-corrected chi connectivity index (χ2v) is 18.0. The van der Waals surface area contributed by atoms with E-state index in [0.29, 0.717) is 45.6 Å². The highest BCUT2D eigenvalue weighted by atomic mass is 19.1. The number of carbonyl (C=O) groups excluding carboxylic acids is 3. The van der Waals surface area contributed by atoms with Crippen molar-refractivity contribution >= 4 is 40.1 Å². The highest BCUT2D eigenvalue weighted by molar-refractivity contribution is 6.05. The van der Waals surface area contributed by atoms with Crippen LogP contribution in [0, 0.1) is 23.5 Å². The minimum absolute atomic E-state index is 0.0385. The Kier molecular flexibility index (Phi) is 10.2. The van der Waals surface area contributed by atoms with Crippen molar-refractivity contribution in [2.75, 3.05) is 75.2 Å². The number of imide groups is 1. The zero-order valence-corrected chi connectivity index (χ0v) is 34.1. The molecule has 1 atom stereocenters. The van der Waals surface area contributed by atoms with Gasteiger partial charge in [-0.25, -0.2) is 18.7 Å². The fourth-order valence-corrected chi connectivity index (χ4v) is 9.98. The van der Waals surface area contributed by atoms with Crippen molar-refractivity contribution in [3.63, 3.8) is 0 Å². The molecule has 2 aliphatic carbocycles. The lowest BCUT2D eigenvalue weighted by molar-refractivity contribution is -0.136. The van der Waals surface area contributed by atoms with E-state index < -0.39 is 17.8 Å². The number of aromatic amines is 1. The quantitative estimate of drug-likeness (QED) is 0.214. The fraction of sp³-hybridized carbons (Fsp3) is 0.545. The minimum atomic E-state index is -0.760. The summed E-state index contributed by atoms with van der Waals surface area (Å²) in [5.41, 5.74) is 2.81. The van der Waals surface area contributed by atoms with E-state index in [1.807, 2.05) is 13.0 Å². The molecule has 16 heteroatoms. The van der Waals surface area contributed by atoms with Gasteiger partial charge in [-0.3, -0.25) is 34.6 Å². The average molecular weight is 823 g/mol. The molecule has 2 aromatic heterocycles. The van der Waals surface area contributed by atoms with Crippen molar-refractivity contribution in [2.24, 2.45) is 11.8 Å². The monoisotopic (exact) mass is 822 g/mol. The predicted octanol–water partition coefficient (Wildman–Crippen LogP) is 4.74. The van der Waals surface area contributed by atoms with Crippen LogP contribution in [0.5, 0.6) is 5.75 Å². The molecule has 5 fully saturated rings. The summed E-state index contributed by atoms with van der Waals surface area (Å²) in [4.78, 5) is 57.3. The number of rotatable bonds is 10. The Morgan fingerprint density at radius 3 is 2.18 bits per heavy atom. The lowest BCUT2D eigenvalue weighted by Gasteiger charge is -2.40. The number of ether oxygens (including phenoxy) is 1. The van der Waals surface area contributed by atoms with E-state index in [1.54, 1.807) is 24.5 Å². The molecule has 10 rings (SSSR count). The first-order valence-corrected chi connectivity index (χ1v) is 21.7. The molecular formula is C44H52F2N10O4. The van der Waals surface area contributed by atoms with Crippen LogP contribution in [0.25, 0.3) is 22.3 Å². The van der Waals surface area contributed by atoms with Crippen LogP contribution in [0.15, 0.2) is 36.7 Å². The first-order valence-electron chi connectivity index (χ1n) is 21.7. The summed E-state index contributed by atoms with van der Waals surface area (Å²) < 4.78 is 36.7. The van der Waals surface area contributed by atoms with Gasteiger partial charge >= 0.3 is 0 Å². The van der Waals surface area contributed by atoms with Gasteiger partial charge in [-0.05, 0) is 81.9 Å². The molecule has 6 heterocycles. The summed E-state index contributed by atoms with van der Waals surface area (Å²) in [5.74, 6) is 0.514. The number of hydrogen-bond acceptors (Lipinski definition) is 11. The van der Waals surface area contributed by atoms with Crippen LogP contribution < -0.4 is 19.9 Å². The Morgan fingerprint density at radius 1 is 0.833 bits per heavy atom. The van der Waals surface area contributed by atoms with Crippen LogP contribution in [-0.2, 0) is 16.1 Å². The second kappa shape index (κ2) is 15.7. The third-order valence-electron chi connectivity index (χ3n) is 13.9. The predicted molar refractivity (Wildman–Crippen MR) is 221 cm³/mol. The molecule has 2 saturated carbocycles. The Balaban J connectivity index is 0.671. The molecule has 14 nitrogen and oxygen atoms in total. The number of benzene rings is 2. The maximum atomic E-state index is 16.0. The number of H-pyrrole nitrogens is 1. The summed E-state index contributed by atoms with van der Waals surface area (Å²) in [6, 6.07) is 7.80. The molecule has 0 spiro atoms. The van der Waals surface area contributed by atoms with Gasteiger partial charge in [-0.2, -0.15) is 5.10 Å². The number of carbonyl (C=O) groups is 3. The van der Waals surface area contributed by atoms with Gasteiger partial charge in [-0.1, -0.05) is 0 Å². The number of anilines is 2. The number of piperazine rings is 2. The lowest BCUT2D eigenvalue weighted by Crippen LogP contribution is -2.52. The van der Waals surface area contributed by atoms with E-state index in [9.17, 15) is 18.8 Å². The number of amides is 3. The largest absolute Gasteiger partial charge is 0.484 e. The van der Waals surface area contributed by atoms with Crippen LogP contribution in [0.2, 0.25) is 0 Å².